The summed E-state index contributed by atoms with van der Waals surface area (Å²) in [6.07, 6.45) is 1.92. The molecule has 2 atom stereocenters. The second-order valence-electron chi connectivity index (χ2n) is 7.91. The first-order valence-corrected chi connectivity index (χ1v) is 10.7. The molecule has 1 fully saturated rings. The van der Waals surface area contributed by atoms with E-state index in [0.29, 0.717) is 23.6 Å². The molecule has 11 heteroatoms. The van der Waals surface area contributed by atoms with Gasteiger partial charge < -0.3 is 15.2 Å². The van der Waals surface area contributed by atoms with Crippen LogP contribution < -0.4 is 10.2 Å². The van der Waals surface area contributed by atoms with Crippen LogP contribution in [0.3, 0.4) is 0 Å². The summed E-state index contributed by atoms with van der Waals surface area (Å²) in [6.45, 7) is 4.00. The first-order chi connectivity index (χ1) is 15.7. The van der Waals surface area contributed by atoms with Gasteiger partial charge in [0.15, 0.2) is 5.69 Å². The van der Waals surface area contributed by atoms with Crippen LogP contribution in [0, 0.1) is 6.92 Å². The number of halogens is 1. The van der Waals surface area contributed by atoms with Crippen LogP contribution in [-0.4, -0.2) is 49.6 Å². The molecule has 4 heterocycles. The SMILES string of the molecule is Cc1cc([C@@H](C)Nc2ccc(Cl)nc2C(=O)O)nc(N2C(=O)OC[C@@H]2Cc2ccn(C)n2)c1. The Hall–Kier alpha value is -3.66. The number of rotatable bonds is 7. The highest BCUT2D eigenvalue weighted by molar-refractivity contribution is 6.29. The van der Waals surface area contributed by atoms with Crippen LogP contribution in [-0.2, 0) is 18.2 Å². The number of anilines is 2. The lowest BCUT2D eigenvalue weighted by Gasteiger charge is -2.23. The summed E-state index contributed by atoms with van der Waals surface area (Å²) < 4.78 is 7.02. The molecule has 10 nitrogen and oxygen atoms in total. The Morgan fingerprint density at radius 2 is 2.12 bits per heavy atom. The molecule has 0 aliphatic carbocycles. The van der Waals surface area contributed by atoms with Gasteiger partial charge in [-0.25, -0.2) is 19.6 Å². The number of aromatic carboxylic acids is 1. The number of nitrogens with zero attached hydrogens (tertiary/aromatic N) is 5. The minimum atomic E-state index is -1.19. The molecule has 0 spiro atoms. The van der Waals surface area contributed by atoms with Crippen molar-refractivity contribution in [3.8, 4) is 0 Å². The van der Waals surface area contributed by atoms with Crippen LogP contribution in [0.2, 0.25) is 5.15 Å². The Labute approximate surface area is 195 Å². The van der Waals surface area contributed by atoms with Crippen LogP contribution in [0.15, 0.2) is 36.5 Å². The zero-order valence-electron chi connectivity index (χ0n) is 18.3. The zero-order chi connectivity index (χ0) is 23.7. The number of hydrogen-bond acceptors (Lipinski definition) is 7. The van der Waals surface area contributed by atoms with E-state index < -0.39 is 12.1 Å². The summed E-state index contributed by atoms with van der Waals surface area (Å²) in [5.41, 5.74) is 2.52. The highest BCUT2D eigenvalue weighted by Gasteiger charge is 2.36. The molecule has 33 heavy (non-hydrogen) atoms. The normalized spacial score (nSPS) is 16.5. The third-order valence-corrected chi connectivity index (χ3v) is 5.49. The first kappa shape index (κ1) is 22.5. The van der Waals surface area contributed by atoms with E-state index in [-0.39, 0.29) is 29.5 Å². The van der Waals surface area contributed by atoms with E-state index in [0.717, 1.165) is 11.3 Å². The van der Waals surface area contributed by atoms with Gasteiger partial charge in [0.25, 0.3) is 0 Å². The van der Waals surface area contributed by atoms with Crippen LogP contribution >= 0.6 is 11.6 Å². The van der Waals surface area contributed by atoms with Crippen molar-refractivity contribution in [2.24, 2.45) is 7.05 Å². The third kappa shape index (κ3) is 4.90. The Kier molecular flexibility index (Phi) is 6.19. The molecule has 1 amide bonds. The fourth-order valence-corrected chi connectivity index (χ4v) is 3.90. The number of hydrogen-bond donors (Lipinski definition) is 2. The summed E-state index contributed by atoms with van der Waals surface area (Å²) >= 11 is 5.85. The molecule has 1 aliphatic rings. The number of carbonyl (C=O) groups excluding carboxylic acids is 1. The molecule has 0 bridgehead atoms. The number of pyridine rings is 2. The summed E-state index contributed by atoms with van der Waals surface area (Å²) in [7, 11) is 1.84. The van der Waals surface area contributed by atoms with Crippen molar-refractivity contribution in [3.05, 3.63) is 64.3 Å². The molecule has 0 unspecified atom stereocenters. The van der Waals surface area contributed by atoms with Crippen molar-refractivity contribution >= 4 is 35.2 Å². The zero-order valence-corrected chi connectivity index (χ0v) is 19.1. The van der Waals surface area contributed by atoms with Gasteiger partial charge in [-0.15, -0.1) is 0 Å². The minimum Gasteiger partial charge on any atom is -0.476 e. The Morgan fingerprint density at radius 3 is 2.82 bits per heavy atom. The lowest BCUT2D eigenvalue weighted by molar-refractivity contribution is 0.0691. The van der Waals surface area contributed by atoms with Gasteiger partial charge in [-0.05, 0) is 49.7 Å². The molecular weight excluding hydrogens is 448 g/mol. The summed E-state index contributed by atoms with van der Waals surface area (Å²) in [4.78, 5) is 34.2. The van der Waals surface area contributed by atoms with Gasteiger partial charge in [0.05, 0.1) is 29.2 Å². The molecule has 4 rings (SSSR count). The molecule has 172 valence electrons. The van der Waals surface area contributed by atoms with Gasteiger partial charge in [-0.1, -0.05) is 11.6 Å². The standard InChI is InChI=1S/C22H23ClN6O4/c1-12-8-17(13(2)24-16-4-5-18(23)26-20(16)21(30)31)25-19(9-12)29-15(11-33-22(29)32)10-14-6-7-28(3)27-14/h4-9,13,15,24H,10-11H2,1-3H3,(H,30,31)/t13-,15+/m1/s1. The van der Waals surface area contributed by atoms with Crippen LogP contribution in [0.5, 0.6) is 0 Å². The van der Waals surface area contributed by atoms with Gasteiger partial charge in [0.2, 0.25) is 0 Å². The number of nitrogens with one attached hydrogen (secondary N) is 1. The summed E-state index contributed by atoms with van der Waals surface area (Å²) in [5.74, 6) is -0.725. The van der Waals surface area contributed by atoms with E-state index >= 15 is 0 Å². The molecule has 0 radical (unpaired) electrons. The topological polar surface area (TPSA) is 122 Å². The highest BCUT2D eigenvalue weighted by atomic mass is 35.5. The molecule has 1 saturated heterocycles. The Bertz CT molecular complexity index is 1210. The van der Waals surface area contributed by atoms with Gasteiger partial charge >= 0.3 is 12.1 Å². The average Bonchev–Trinajstić information content (AvgIpc) is 3.33. The summed E-state index contributed by atoms with van der Waals surface area (Å²) in [5, 5.41) is 17.1. The first-order valence-electron chi connectivity index (χ1n) is 10.3. The van der Waals surface area contributed by atoms with E-state index in [1.807, 2.05) is 45.3 Å². The molecule has 0 aromatic carbocycles. The maximum atomic E-state index is 12.6. The van der Waals surface area contributed by atoms with Crippen LogP contribution in [0.1, 0.15) is 40.4 Å². The van der Waals surface area contributed by atoms with Gasteiger partial charge in [0, 0.05) is 19.7 Å². The lowest BCUT2D eigenvalue weighted by atomic mass is 10.1. The molecule has 3 aromatic heterocycles. The minimum absolute atomic E-state index is 0.0908. The number of amides is 1. The van der Waals surface area contributed by atoms with E-state index in [4.69, 9.17) is 21.3 Å². The van der Waals surface area contributed by atoms with Gasteiger partial charge in [0.1, 0.15) is 17.6 Å². The van der Waals surface area contributed by atoms with Crippen molar-refractivity contribution < 1.29 is 19.4 Å². The maximum Gasteiger partial charge on any atom is 0.415 e. The fourth-order valence-electron chi connectivity index (χ4n) is 3.75. The molecule has 2 N–H and O–H groups in total. The largest absolute Gasteiger partial charge is 0.476 e. The number of carbonyl (C=O) groups is 2. The van der Waals surface area contributed by atoms with E-state index in [1.54, 1.807) is 15.6 Å². The number of aryl methyl sites for hydroxylation is 2. The smallest absolute Gasteiger partial charge is 0.415 e. The number of cyclic esters (lactones) is 1. The van der Waals surface area contributed by atoms with Gasteiger partial charge in [-0.3, -0.25) is 9.58 Å². The fraction of sp³-hybridized carbons (Fsp3) is 0.318. The maximum absolute atomic E-state index is 12.6. The second kappa shape index (κ2) is 9.07. The van der Waals surface area contributed by atoms with Crippen molar-refractivity contribution in [1.29, 1.82) is 0 Å². The molecule has 1 aliphatic heterocycles. The quantitative estimate of drug-likeness (QED) is 0.502. The third-order valence-electron chi connectivity index (χ3n) is 5.28. The van der Waals surface area contributed by atoms with Crippen molar-refractivity contribution in [3.63, 3.8) is 0 Å². The Morgan fingerprint density at radius 1 is 1.33 bits per heavy atom. The average molecular weight is 471 g/mol. The van der Waals surface area contributed by atoms with Crippen LogP contribution in [0.4, 0.5) is 16.3 Å². The predicted molar refractivity (Wildman–Crippen MR) is 122 cm³/mol. The highest BCUT2D eigenvalue weighted by Crippen LogP contribution is 2.28. The molecular formula is C22H23ClN6O4. The van der Waals surface area contributed by atoms with E-state index in [9.17, 15) is 14.7 Å². The molecule has 0 saturated carbocycles. The van der Waals surface area contributed by atoms with Crippen molar-refractivity contribution in [1.82, 2.24) is 19.7 Å². The van der Waals surface area contributed by atoms with E-state index in [2.05, 4.69) is 15.4 Å². The van der Waals surface area contributed by atoms with Crippen molar-refractivity contribution in [2.45, 2.75) is 32.4 Å². The lowest BCUT2D eigenvalue weighted by Crippen LogP contribution is -2.36. The number of carboxylic acids is 1. The molecule has 3 aromatic rings. The monoisotopic (exact) mass is 470 g/mol. The number of ether oxygens (including phenoxy) is 1. The predicted octanol–water partition coefficient (Wildman–Crippen LogP) is 3.61. The number of carboxylic acid groups (broad SMARTS) is 1. The second-order valence-corrected chi connectivity index (χ2v) is 8.30. The number of aromatic nitrogens is 4. The summed E-state index contributed by atoms with van der Waals surface area (Å²) in [6, 6.07) is 8.06. The van der Waals surface area contributed by atoms with Crippen molar-refractivity contribution in [2.75, 3.05) is 16.8 Å². The van der Waals surface area contributed by atoms with Gasteiger partial charge in [-0.2, -0.15) is 5.10 Å². The Balaban J connectivity index is 1.61. The van der Waals surface area contributed by atoms with E-state index in [1.165, 1.54) is 6.07 Å². The van der Waals surface area contributed by atoms with Crippen LogP contribution in [0.25, 0.3) is 0 Å².